The fourth-order valence-electron chi connectivity index (χ4n) is 3.19. The number of hydrogen-bond acceptors (Lipinski definition) is 2. The van der Waals surface area contributed by atoms with E-state index in [1.807, 2.05) is 0 Å². The van der Waals surface area contributed by atoms with Gasteiger partial charge in [-0.1, -0.05) is 39.0 Å². The Morgan fingerprint density at radius 1 is 1.16 bits per heavy atom. The van der Waals surface area contributed by atoms with Crippen molar-refractivity contribution in [1.29, 1.82) is 0 Å². The summed E-state index contributed by atoms with van der Waals surface area (Å²) in [5, 5.41) is 8.58. The molecule has 3 heteroatoms. The number of carboxylic acid groups (broad SMARTS) is 1. The molecule has 0 spiro atoms. The summed E-state index contributed by atoms with van der Waals surface area (Å²) in [5.74, 6) is 0.667. The van der Waals surface area contributed by atoms with Gasteiger partial charge in [-0.25, -0.2) is 0 Å². The van der Waals surface area contributed by atoms with Gasteiger partial charge >= 0.3 is 5.97 Å². The van der Waals surface area contributed by atoms with Gasteiger partial charge in [0.2, 0.25) is 0 Å². The van der Waals surface area contributed by atoms with Crippen molar-refractivity contribution < 1.29 is 14.7 Å². The quantitative estimate of drug-likeness (QED) is 0.604. The molecule has 0 unspecified atom stereocenters. The molecule has 0 aliphatic heterocycles. The highest BCUT2D eigenvalue weighted by molar-refractivity contribution is 5.83. The number of carboxylic acids is 1. The molecule has 0 amide bonds. The third kappa shape index (κ3) is 6.22. The van der Waals surface area contributed by atoms with E-state index in [2.05, 4.69) is 6.92 Å². The predicted molar refractivity (Wildman–Crippen MR) is 76.1 cm³/mol. The molecule has 0 aromatic heterocycles. The van der Waals surface area contributed by atoms with Gasteiger partial charge in [0, 0.05) is 18.8 Å². The summed E-state index contributed by atoms with van der Waals surface area (Å²) < 4.78 is 0. The normalized spacial score (nSPS) is 22.9. The Morgan fingerprint density at radius 2 is 1.89 bits per heavy atom. The van der Waals surface area contributed by atoms with Gasteiger partial charge in [0.05, 0.1) is 0 Å². The molecule has 1 fully saturated rings. The van der Waals surface area contributed by atoms with Crippen LogP contribution in [-0.2, 0) is 9.59 Å². The molecule has 0 radical (unpaired) electrons. The van der Waals surface area contributed by atoms with Crippen LogP contribution in [0.1, 0.15) is 77.6 Å². The monoisotopic (exact) mass is 268 g/mol. The minimum Gasteiger partial charge on any atom is -0.481 e. The lowest BCUT2D eigenvalue weighted by Gasteiger charge is -2.18. The van der Waals surface area contributed by atoms with Crippen molar-refractivity contribution in [1.82, 2.24) is 0 Å². The lowest BCUT2D eigenvalue weighted by molar-refractivity contribution is -0.137. The molecule has 0 aromatic rings. The summed E-state index contributed by atoms with van der Waals surface area (Å²) in [6, 6.07) is 0. The third-order valence-corrected chi connectivity index (χ3v) is 4.33. The van der Waals surface area contributed by atoms with Crippen molar-refractivity contribution in [2.45, 2.75) is 77.6 Å². The highest BCUT2D eigenvalue weighted by Gasteiger charge is 2.33. The zero-order valence-electron chi connectivity index (χ0n) is 12.2. The van der Waals surface area contributed by atoms with Crippen molar-refractivity contribution in [3.8, 4) is 0 Å². The summed E-state index contributed by atoms with van der Waals surface area (Å²) in [5.41, 5.74) is 0. The number of ketones is 1. The fourth-order valence-corrected chi connectivity index (χ4v) is 3.19. The second-order valence-corrected chi connectivity index (χ2v) is 5.86. The molecule has 1 aliphatic rings. The molecule has 0 aromatic carbocycles. The van der Waals surface area contributed by atoms with Crippen LogP contribution >= 0.6 is 0 Å². The van der Waals surface area contributed by atoms with E-state index in [0.29, 0.717) is 17.6 Å². The molecule has 0 heterocycles. The Labute approximate surface area is 116 Å². The number of Topliss-reactive ketones (excluding diaryl/α,β-unsaturated/α-hetero) is 1. The Hall–Kier alpha value is -0.860. The maximum Gasteiger partial charge on any atom is 0.303 e. The van der Waals surface area contributed by atoms with E-state index in [0.717, 1.165) is 44.9 Å². The van der Waals surface area contributed by atoms with Gasteiger partial charge < -0.3 is 5.11 Å². The number of carbonyl (C=O) groups excluding carboxylic acids is 1. The number of rotatable bonds is 10. The van der Waals surface area contributed by atoms with E-state index in [-0.39, 0.29) is 6.42 Å². The van der Waals surface area contributed by atoms with Crippen LogP contribution in [0.4, 0.5) is 0 Å². The Balaban J connectivity index is 2.19. The first-order chi connectivity index (χ1) is 9.15. The fraction of sp³-hybridized carbons (Fsp3) is 0.875. The molecule has 110 valence electrons. The Morgan fingerprint density at radius 3 is 2.58 bits per heavy atom. The predicted octanol–water partition coefficient (Wildman–Crippen LogP) is 4.20. The van der Waals surface area contributed by atoms with Crippen LogP contribution in [0.3, 0.4) is 0 Å². The smallest absolute Gasteiger partial charge is 0.303 e. The van der Waals surface area contributed by atoms with Crippen LogP contribution in [0.2, 0.25) is 0 Å². The number of carbonyl (C=O) groups is 2. The van der Waals surface area contributed by atoms with Gasteiger partial charge in [-0.15, -0.1) is 0 Å². The van der Waals surface area contributed by atoms with Crippen molar-refractivity contribution in [2.75, 3.05) is 0 Å². The van der Waals surface area contributed by atoms with E-state index in [9.17, 15) is 9.59 Å². The lowest BCUT2D eigenvalue weighted by Crippen LogP contribution is -2.14. The molecular weight excluding hydrogens is 240 g/mol. The second kappa shape index (κ2) is 9.11. The van der Waals surface area contributed by atoms with Crippen LogP contribution in [0, 0.1) is 11.8 Å². The van der Waals surface area contributed by atoms with Crippen molar-refractivity contribution in [3.63, 3.8) is 0 Å². The standard InChI is InChI=1S/C16H28O3/c1-2-3-5-9-14-13(11-12-15(14)17)8-6-4-7-10-16(18)19/h13-14H,2-12H2,1H3,(H,18,19)/t13-,14+/m0/s1. The molecule has 1 aliphatic carbocycles. The third-order valence-electron chi connectivity index (χ3n) is 4.33. The van der Waals surface area contributed by atoms with E-state index in [1.54, 1.807) is 0 Å². The molecule has 2 atom stereocenters. The highest BCUT2D eigenvalue weighted by atomic mass is 16.4. The average molecular weight is 268 g/mol. The van der Waals surface area contributed by atoms with Crippen LogP contribution < -0.4 is 0 Å². The molecule has 3 nitrogen and oxygen atoms in total. The van der Waals surface area contributed by atoms with E-state index in [1.165, 1.54) is 19.3 Å². The molecule has 1 N–H and O–H groups in total. The summed E-state index contributed by atoms with van der Waals surface area (Å²) in [4.78, 5) is 22.3. The molecular formula is C16H28O3. The van der Waals surface area contributed by atoms with Gasteiger partial charge in [0.15, 0.2) is 0 Å². The average Bonchev–Trinajstić information content (AvgIpc) is 2.71. The summed E-state index contributed by atoms with van der Waals surface area (Å²) in [6.45, 7) is 2.19. The molecule has 0 bridgehead atoms. The first-order valence-corrected chi connectivity index (χ1v) is 7.89. The topological polar surface area (TPSA) is 54.4 Å². The zero-order valence-corrected chi connectivity index (χ0v) is 12.2. The van der Waals surface area contributed by atoms with Gasteiger partial charge in [-0.2, -0.15) is 0 Å². The lowest BCUT2D eigenvalue weighted by atomic mass is 9.86. The van der Waals surface area contributed by atoms with Gasteiger partial charge in [-0.05, 0) is 31.6 Å². The van der Waals surface area contributed by atoms with Gasteiger partial charge in [0.25, 0.3) is 0 Å². The number of unbranched alkanes of at least 4 members (excludes halogenated alkanes) is 4. The minimum absolute atomic E-state index is 0.281. The van der Waals surface area contributed by atoms with Gasteiger partial charge in [0.1, 0.15) is 5.78 Å². The molecule has 0 saturated heterocycles. The second-order valence-electron chi connectivity index (χ2n) is 5.86. The number of hydrogen-bond donors (Lipinski definition) is 1. The zero-order chi connectivity index (χ0) is 14.1. The van der Waals surface area contributed by atoms with Gasteiger partial charge in [-0.3, -0.25) is 9.59 Å². The van der Waals surface area contributed by atoms with Crippen LogP contribution in [-0.4, -0.2) is 16.9 Å². The number of aliphatic carboxylic acids is 1. The van der Waals surface area contributed by atoms with Crippen molar-refractivity contribution in [3.05, 3.63) is 0 Å². The SMILES string of the molecule is CCCCC[C@H]1C(=O)CC[C@@H]1CCCCCC(=O)O. The van der Waals surface area contributed by atoms with Crippen molar-refractivity contribution in [2.24, 2.45) is 11.8 Å². The van der Waals surface area contributed by atoms with Crippen molar-refractivity contribution >= 4 is 11.8 Å². The first-order valence-electron chi connectivity index (χ1n) is 7.89. The van der Waals surface area contributed by atoms with Crippen LogP contribution in [0.5, 0.6) is 0 Å². The summed E-state index contributed by atoms with van der Waals surface area (Å²) in [7, 11) is 0. The molecule has 1 rings (SSSR count). The van der Waals surface area contributed by atoms with E-state index in [4.69, 9.17) is 5.11 Å². The van der Waals surface area contributed by atoms with Crippen LogP contribution in [0.25, 0.3) is 0 Å². The van der Waals surface area contributed by atoms with E-state index >= 15 is 0 Å². The highest BCUT2D eigenvalue weighted by Crippen LogP contribution is 2.36. The maximum atomic E-state index is 11.9. The van der Waals surface area contributed by atoms with E-state index < -0.39 is 5.97 Å². The molecule has 1 saturated carbocycles. The Bertz CT molecular complexity index is 286. The minimum atomic E-state index is -0.700. The first kappa shape index (κ1) is 16.2. The summed E-state index contributed by atoms with van der Waals surface area (Å²) >= 11 is 0. The summed E-state index contributed by atoms with van der Waals surface area (Å²) in [6.07, 6.45) is 10.8. The Kier molecular flexibility index (Phi) is 7.76. The largest absolute Gasteiger partial charge is 0.481 e. The molecule has 19 heavy (non-hydrogen) atoms. The maximum absolute atomic E-state index is 11.9. The van der Waals surface area contributed by atoms with Crippen LogP contribution in [0.15, 0.2) is 0 Å².